The van der Waals surface area contributed by atoms with Crippen LogP contribution in [-0.2, 0) is 9.59 Å². The minimum Gasteiger partial charge on any atom is -0.495 e. The molecule has 0 radical (unpaired) electrons. The third-order valence-corrected chi connectivity index (χ3v) is 5.34. The molecule has 1 aliphatic heterocycles. The van der Waals surface area contributed by atoms with Crippen molar-refractivity contribution in [2.75, 3.05) is 12.0 Å². The third kappa shape index (κ3) is 3.27. The van der Waals surface area contributed by atoms with E-state index in [0.29, 0.717) is 11.4 Å². The molecule has 0 bridgehead atoms. The van der Waals surface area contributed by atoms with Gasteiger partial charge in [-0.05, 0) is 50.3 Å². The summed E-state index contributed by atoms with van der Waals surface area (Å²) in [4.78, 5) is 27.3. The van der Waals surface area contributed by atoms with Gasteiger partial charge in [0.05, 0.1) is 12.8 Å². The number of rotatable bonds is 4. The van der Waals surface area contributed by atoms with Crippen LogP contribution in [0.25, 0.3) is 17.0 Å². The Morgan fingerprint density at radius 1 is 1.07 bits per heavy atom. The van der Waals surface area contributed by atoms with E-state index < -0.39 is 11.8 Å². The molecule has 1 fully saturated rings. The highest BCUT2D eigenvalue weighted by Crippen LogP contribution is 2.32. The van der Waals surface area contributed by atoms with Crippen LogP contribution in [0.4, 0.5) is 5.69 Å². The Balaban J connectivity index is 1.84. The lowest BCUT2D eigenvalue weighted by Crippen LogP contribution is -2.54. The standard InChI is InChI=1S/C23H21N3O3S/c1-14(2)25-13-15(16-8-4-5-9-18(16)25)12-17-21(27)24-23(30)26(22(17)28)19-10-6-7-11-20(19)29-3/h4-14H,1-3H3,(H,24,27,30)/b17-12+. The van der Waals surface area contributed by atoms with Crippen molar-refractivity contribution in [3.63, 3.8) is 0 Å². The number of thiocarbonyl (C=S) groups is 1. The Hall–Kier alpha value is -3.45. The van der Waals surface area contributed by atoms with Crippen molar-refractivity contribution in [3.05, 3.63) is 65.9 Å². The number of hydrogen-bond donors (Lipinski definition) is 1. The van der Waals surface area contributed by atoms with Crippen LogP contribution in [0.2, 0.25) is 0 Å². The zero-order chi connectivity index (χ0) is 21.4. The monoisotopic (exact) mass is 419 g/mol. The number of benzene rings is 2. The fourth-order valence-corrected chi connectivity index (χ4v) is 3.89. The predicted molar refractivity (Wildman–Crippen MR) is 122 cm³/mol. The number of amides is 2. The molecule has 7 heteroatoms. The topological polar surface area (TPSA) is 63.6 Å². The van der Waals surface area contributed by atoms with Crippen molar-refractivity contribution in [1.82, 2.24) is 9.88 Å². The zero-order valence-electron chi connectivity index (χ0n) is 16.9. The summed E-state index contributed by atoms with van der Waals surface area (Å²) in [7, 11) is 1.52. The van der Waals surface area contributed by atoms with Crippen molar-refractivity contribution < 1.29 is 14.3 Å². The Labute approximate surface area is 179 Å². The van der Waals surface area contributed by atoms with E-state index in [-0.39, 0.29) is 16.7 Å². The minimum absolute atomic E-state index is 0.0150. The molecule has 4 rings (SSSR count). The van der Waals surface area contributed by atoms with Gasteiger partial charge in [-0.15, -0.1) is 0 Å². The highest BCUT2D eigenvalue weighted by molar-refractivity contribution is 7.80. The Morgan fingerprint density at radius 3 is 2.50 bits per heavy atom. The maximum Gasteiger partial charge on any atom is 0.270 e. The van der Waals surface area contributed by atoms with Crippen LogP contribution < -0.4 is 15.0 Å². The van der Waals surface area contributed by atoms with E-state index in [1.165, 1.54) is 12.0 Å². The quantitative estimate of drug-likeness (QED) is 0.394. The molecular weight excluding hydrogens is 398 g/mol. The van der Waals surface area contributed by atoms with Crippen molar-refractivity contribution >= 4 is 51.8 Å². The molecule has 1 aromatic heterocycles. The van der Waals surface area contributed by atoms with Gasteiger partial charge < -0.3 is 9.30 Å². The minimum atomic E-state index is -0.516. The molecule has 1 aliphatic rings. The van der Waals surface area contributed by atoms with E-state index in [2.05, 4.69) is 23.7 Å². The second-order valence-corrected chi connectivity index (χ2v) is 7.62. The summed E-state index contributed by atoms with van der Waals surface area (Å²) in [6.45, 7) is 4.17. The first-order chi connectivity index (χ1) is 14.4. The van der Waals surface area contributed by atoms with Crippen molar-refractivity contribution in [2.45, 2.75) is 19.9 Å². The number of nitrogens with one attached hydrogen (secondary N) is 1. The van der Waals surface area contributed by atoms with Crippen molar-refractivity contribution in [3.8, 4) is 5.75 Å². The normalized spacial score (nSPS) is 15.9. The number of hydrogen-bond acceptors (Lipinski definition) is 4. The van der Waals surface area contributed by atoms with E-state index >= 15 is 0 Å². The first-order valence-electron chi connectivity index (χ1n) is 9.56. The number of methoxy groups -OCH3 is 1. The first kappa shape index (κ1) is 19.8. The summed E-state index contributed by atoms with van der Waals surface area (Å²) in [5, 5.41) is 3.62. The van der Waals surface area contributed by atoms with Crippen LogP contribution in [0.15, 0.2) is 60.3 Å². The Bertz CT molecular complexity index is 1210. The van der Waals surface area contributed by atoms with Crippen LogP contribution in [0.3, 0.4) is 0 Å². The summed E-state index contributed by atoms with van der Waals surface area (Å²) in [6.07, 6.45) is 3.59. The van der Waals surface area contributed by atoms with Crippen molar-refractivity contribution in [1.29, 1.82) is 0 Å². The SMILES string of the molecule is COc1ccccc1N1C(=O)/C(=C/c2cn(C(C)C)c3ccccc23)C(=O)NC1=S. The molecule has 2 heterocycles. The number of ether oxygens (including phenoxy) is 1. The van der Waals surface area contributed by atoms with Gasteiger partial charge in [-0.25, -0.2) is 4.90 Å². The number of carbonyl (C=O) groups excluding carboxylic acids is 2. The third-order valence-electron chi connectivity index (χ3n) is 5.06. The number of para-hydroxylation sites is 3. The summed E-state index contributed by atoms with van der Waals surface area (Å²) in [5.74, 6) is -0.521. The van der Waals surface area contributed by atoms with Gasteiger partial charge in [0.2, 0.25) is 0 Å². The lowest BCUT2D eigenvalue weighted by atomic mass is 10.1. The highest BCUT2D eigenvalue weighted by Gasteiger charge is 2.36. The molecule has 0 saturated carbocycles. The van der Waals surface area contributed by atoms with Crippen LogP contribution in [-0.4, -0.2) is 28.6 Å². The molecule has 0 aliphatic carbocycles. The zero-order valence-corrected chi connectivity index (χ0v) is 17.7. The maximum absolute atomic E-state index is 13.3. The van der Waals surface area contributed by atoms with Crippen LogP contribution in [0.1, 0.15) is 25.5 Å². The molecule has 0 atom stereocenters. The van der Waals surface area contributed by atoms with E-state index in [1.807, 2.05) is 30.5 Å². The molecule has 1 saturated heterocycles. The lowest BCUT2D eigenvalue weighted by Gasteiger charge is -2.29. The smallest absolute Gasteiger partial charge is 0.270 e. The van der Waals surface area contributed by atoms with E-state index in [9.17, 15) is 9.59 Å². The summed E-state index contributed by atoms with van der Waals surface area (Å²) >= 11 is 5.29. The number of aromatic nitrogens is 1. The molecular formula is C23H21N3O3S. The second-order valence-electron chi connectivity index (χ2n) is 7.23. The molecule has 2 amide bonds. The number of anilines is 1. The molecule has 3 aromatic rings. The average molecular weight is 420 g/mol. The fourth-order valence-electron chi connectivity index (χ4n) is 3.62. The molecule has 6 nitrogen and oxygen atoms in total. The molecule has 1 N–H and O–H groups in total. The van der Waals surface area contributed by atoms with Crippen molar-refractivity contribution in [2.24, 2.45) is 0 Å². The van der Waals surface area contributed by atoms with Gasteiger partial charge in [0, 0.05) is 28.7 Å². The van der Waals surface area contributed by atoms with Crippen LogP contribution in [0, 0.1) is 0 Å². The molecule has 2 aromatic carbocycles. The summed E-state index contributed by atoms with van der Waals surface area (Å²) < 4.78 is 7.49. The fraction of sp³-hybridized carbons (Fsp3) is 0.174. The van der Waals surface area contributed by atoms with Gasteiger partial charge in [-0.3, -0.25) is 14.9 Å². The van der Waals surface area contributed by atoms with Crippen LogP contribution in [0.5, 0.6) is 5.75 Å². The number of carbonyl (C=O) groups is 2. The van der Waals surface area contributed by atoms with Gasteiger partial charge >= 0.3 is 0 Å². The van der Waals surface area contributed by atoms with Gasteiger partial charge in [0.25, 0.3) is 11.8 Å². The molecule has 0 unspecified atom stereocenters. The predicted octanol–water partition coefficient (Wildman–Crippen LogP) is 4.06. The van der Waals surface area contributed by atoms with Crippen LogP contribution >= 0.6 is 12.2 Å². The van der Waals surface area contributed by atoms with Gasteiger partial charge in [-0.1, -0.05) is 30.3 Å². The largest absolute Gasteiger partial charge is 0.495 e. The molecule has 152 valence electrons. The first-order valence-corrected chi connectivity index (χ1v) is 9.97. The molecule has 0 spiro atoms. The van der Waals surface area contributed by atoms with Gasteiger partial charge in [0.15, 0.2) is 5.11 Å². The molecule has 30 heavy (non-hydrogen) atoms. The Kier molecular flexibility index (Phi) is 5.13. The maximum atomic E-state index is 13.3. The summed E-state index contributed by atoms with van der Waals surface area (Å²) in [6, 6.07) is 15.2. The number of fused-ring (bicyclic) bond motifs is 1. The Morgan fingerprint density at radius 2 is 1.77 bits per heavy atom. The second kappa shape index (κ2) is 7.76. The van der Waals surface area contributed by atoms with E-state index in [1.54, 1.807) is 30.3 Å². The van der Waals surface area contributed by atoms with Gasteiger partial charge in [-0.2, -0.15) is 0 Å². The lowest BCUT2D eigenvalue weighted by molar-refractivity contribution is -0.122. The van der Waals surface area contributed by atoms with E-state index in [0.717, 1.165) is 16.5 Å². The number of nitrogens with zero attached hydrogens (tertiary/aromatic N) is 2. The van der Waals surface area contributed by atoms with E-state index in [4.69, 9.17) is 17.0 Å². The summed E-state index contributed by atoms with van der Waals surface area (Å²) in [5.41, 5.74) is 2.33. The average Bonchev–Trinajstić information content (AvgIpc) is 3.10. The van der Waals surface area contributed by atoms with Gasteiger partial charge in [0.1, 0.15) is 11.3 Å². The highest BCUT2D eigenvalue weighted by atomic mass is 32.1.